The molecule has 2 atom stereocenters. The van der Waals surface area contributed by atoms with Crippen molar-refractivity contribution in [2.45, 2.75) is 51.0 Å². The predicted octanol–water partition coefficient (Wildman–Crippen LogP) is 2.96. The Hall–Kier alpha value is -1.74. The van der Waals surface area contributed by atoms with Crippen molar-refractivity contribution >= 4 is 21.8 Å². The van der Waals surface area contributed by atoms with E-state index in [0.717, 1.165) is 22.3 Å². The number of carbonyl (C=O) groups is 1. The summed E-state index contributed by atoms with van der Waals surface area (Å²) in [6, 6.07) is 4.85. The van der Waals surface area contributed by atoms with Crippen LogP contribution in [0.1, 0.15) is 50.2 Å². The van der Waals surface area contributed by atoms with Crippen LogP contribution >= 0.6 is 0 Å². The number of aryl methyl sites for hydroxylation is 1. The van der Waals surface area contributed by atoms with Crippen LogP contribution in [0.25, 0.3) is 5.57 Å². The highest BCUT2D eigenvalue weighted by Gasteiger charge is 2.63. The second-order valence-corrected chi connectivity index (χ2v) is 8.48. The van der Waals surface area contributed by atoms with E-state index >= 15 is 0 Å². The third-order valence-corrected chi connectivity index (χ3v) is 6.74. The molecule has 2 N–H and O–H groups in total. The minimum atomic E-state index is -4.57. The molecule has 3 aliphatic rings. The van der Waals surface area contributed by atoms with Crippen molar-refractivity contribution in [2.24, 2.45) is 5.41 Å². The molecule has 1 aromatic carbocycles. The van der Waals surface area contributed by atoms with Gasteiger partial charge >= 0.3 is 10.4 Å². The summed E-state index contributed by atoms with van der Waals surface area (Å²) in [5, 5.41) is 9.79. The molecule has 8 heteroatoms. The lowest BCUT2D eigenvalue weighted by molar-refractivity contribution is -0.332. The number of ketones is 1. The zero-order valence-electron chi connectivity index (χ0n) is 14.3. The van der Waals surface area contributed by atoms with Gasteiger partial charge in [-0.25, -0.2) is 4.89 Å². The maximum Gasteiger partial charge on any atom is 0.446 e. The molecule has 0 radical (unpaired) electrons. The molecule has 0 aromatic heterocycles. The highest BCUT2D eigenvalue weighted by Crippen LogP contribution is 2.60. The van der Waals surface area contributed by atoms with Crippen molar-refractivity contribution in [3.05, 3.63) is 34.9 Å². The van der Waals surface area contributed by atoms with Crippen LogP contribution in [-0.2, 0) is 26.5 Å². The van der Waals surface area contributed by atoms with Crippen LogP contribution in [0.3, 0.4) is 0 Å². The molecule has 0 saturated heterocycles. The van der Waals surface area contributed by atoms with Crippen LogP contribution in [0.15, 0.2) is 23.8 Å². The summed E-state index contributed by atoms with van der Waals surface area (Å²) in [5.74, 6) is 0.181. The number of carbonyl (C=O) groups excluding carboxylic acids is 1. The van der Waals surface area contributed by atoms with Crippen molar-refractivity contribution in [2.75, 3.05) is 0 Å². The largest absolute Gasteiger partial charge is 0.446 e. The van der Waals surface area contributed by atoms with Crippen LogP contribution in [0.4, 0.5) is 0 Å². The van der Waals surface area contributed by atoms with E-state index < -0.39 is 21.4 Å². The quantitative estimate of drug-likeness (QED) is 0.471. The second kappa shape index (κ2) is 5.63. The topological polar surface area (TPSA) is 110 Å². The maximum absolute atomic E-state index is 12.5. The SMILES string of the molecule is C[C@]12CCC3=C(CCc4cc(OS(=O)(=O)O)ccc43)C1(OO)CCC2=O. The Morgan fingerprint density at radius 1 is 1.12 bits per heavy atom. The van der Waals surface area contributed by atoms with Gasteiger partial charge in [0.2, 0.25) is 0 Å². The molecule has 1 unspecified atom stereocenters. The lowest BCUT2D eigenvalue weighted by Gasteiger charge is -2.47. The molecule has 1 fully saturated rings. The maximum atomic E-state index is 12.5. The zero-order valence-corrected chi connectivity index (χ0v) is 15.1. The van der Waals surface area contributed by atoms with Gasteiger partial charge in [-0.3, -0.25) is 14.6 Å². The number of hydrogen-bond acceptors (Lipinski definition) is 6. The lowest BCUT2D eigenvalue weighted by Crippen LogP contribution is -2.51. The van der Waals surface area contributed by atoms with Crippen LogP contribution in [0, 0.1) is 5.41 Å². The first-order chi connectivity index (χ1) is 12.2. The molecule has 0 aliphatic heterocycles. The van der Waals surface area contributed by atoms with E-state index in [0.29, 0.717) is 38.5 Å². The first-order valence-corrected chi connectivity index (χ1v) is 9.95. The molecule has 140 valence electrons. The fraction of sp³-hybridized carbons (Fsp3) is 0.500. The van der Waals surface area contributed by atoms with Gasteiger partial charge in [0.1, 0.15) is 17.1 Å². The van der Waals surface area contributed by atoms with Gasteiger partial charge in [-0.05, 0) is 73.4 Å². The van der Waals surface area contributed by atoms with Crippen LogP contribution in [-0.4, -0.2) is 29.6 Å². The van der Waals surface area contributed by atoms with E-state index in [1.165, 1.54) is 6.07 Å². The Balaban J connectivity index is 1.81. The molecule has 0 heterocycles. The molecule has 0 spiro atoms. The smallest absolute Gasteiger partial charge is 0.362 e. The van der Waals surface area contributed by atoms with Crippen LogP contribution in [0.2, 0.25) is 0 Å². The summed E-state index contributed by atoms with van der Waals surface area (Å²) in [6.07, 6.45) is 3.36. The van der Waals surface area contributed by atoms with Crippen LogP contribution < -0.4 is 4.18 Å². The molecule has 0 amide bonds. The summed E-state index contributed by atoms with van der Waals surface area (Å²) in [5.41, 5.74) is 2.18. The fourth-order valence-electron chi connectivity index (χ4n) is 5.02. The summed E-state index contributed by atoms with van der Waals surface area (Å²) in [7, 11) is -4.57. The average molecular weight is 380 g/mol. The van der Waals surface area contributed by atoms with Gasteiger partial charge in [0.25, 0.3) is 0 Å². The van der Waals surface area contributed by atoms with Crippen LogP contribution in [0.5, 0.6) is 5.75 Å². The lowest BCUT2D eigenvalue weighted by atomic mass is 9.60. The third-order valence-electron chi connectivity index (χ3n) is 6.34. The van der Waals surface area contributed by atoms with Gasteiger partial charge < -0.3 is 4.18 Å². The molecule has 7 nitrogen and oxygen atoms in total. The summed E-state index contributed by atoms with van der Waals surface area (Å²) < 4.78 is 35.2. The van der Waals surface area contributed by atoms with Gasteiger partial charge in [-0.2, -0.15) is 8.42 Å². The third kappa shape index (κ3) is 2.36. The minimum Gasteiger partial charge on any atom is -0.362 e. The Morgan fingerprint density at radius 3 is 2.58 bits per heavy atom. The molecular weight excluding hydrogens is 360 g/mol. The Labute approximate surface area is 151 Å². The Kier molecular flexibility index (Phi) is 3.82. The number of allylic oxidation sites excluding steroid dienone is 1. The summed E-state index contributed by atoms with van der Waals surface area (Å²) in [4.78, 5) is 17.5. The first kappa shape index (κ1) is 17.7. The monoisotopic (exact) mass is 380 g/mol. The molecule has 3 aliphatic carbocycles. The van der Waals surface area contributed by atoms with E-state index in [4.69, 9.17) is 9.44 Å². The number of fused-ring (bicyclic) bond motifs is 4. The minimum absolute atomic E-state index is 0.0557. The molecule has 26 heavy (non-hydrogen) atoms. The average Bonchev–Trinajstić information content (AvgIpc) is 2.85. The molecular formula is C18H20O7S. The number of benzene rings is 1. The number of hydrogen-bond donors (Lipinski definition) is 2. The highest BCUT2D eigenvalue weighted by molar-refractivity contribution is 7.81. The Bertz CT molecular complexity index is 933. The fourth-order valence-corrected chi connectivity index (χ4v) is 5.36. The second-order valence-electron chi connectivity index (χ2n) is 7.46. The van der Waals surface area contributed by atoms with Crippen molar-refractivity contribution < 1.29 is 32.1 Å². The van der Waals surface area contributed by atoms with Crippen molar-refractivity contribution in [3.63, 3.8) is 0 Å². The highest BCUT2D eigenvalue weighted by atomic mass is 32.3. The van der Waals surface area contributed by atoms with E-state index in [1.54, 1.807) is 12.1 Å². The summed E-state index contributed by atoms with van der Waals surface area (Å²) in [6.45, 7) is 1.88. The number of rotatable bonds is 3. The van der Waals surface area contributed by atoms with E-state index in [-0.39, 0.29) is 11.5 Å². The normalized spacial score (nSPS) is 30.7. The first-order valence-electron chi connectivity index (χ1n) is 8.59. The van der Waals surface area contributed by atoms with Crippen molar-refractivity contribution in [1.29, 1.82) is 0 Å². The molecule has 0 bridgehead atoms. The van der Waals surface area contributed by atoms with Crippen molar-refractivity contribution in [1.82, 2.24) is 0 Å². The van der Waals surface area contributed by atoms with E-state index in [9.17, 15) is 18.5 Å². The Morgan fingerprint density at radius 2 is 1.88 bits per heavy atom. The van der Waals surface area contributed by atoms with E-state index in [1.807, 2.05) is 6.92 Å². The summed E-state index contributed by atoms with van der Waals surface area (Å²) >= 11 is 0. The molecule has 4 rings (SSSR count). The zero-order chi connectivity index (χ0) is 18.7. The van der Waals surface area contributed by atoms with Crippen molar-refractivity contribution in [3.8, 4) is 5.75 Å². The van der Waals surface area contributed by atoms with Gasteiger partial charge in [0.15, 0.2) is 0 Å². The van der Waals surface area contributed by atoms with Gasteiger partial charge in [0, 0.05) is 6.42 Å². The van der Waals surface area contributed by atoms with Gasteiger partial charge in [0.05, 0.1) is 5.41 Å². The number of Topliss-reactive ketones (excluding diaryl/α,β-unsaturated/α-hetero) is 1. The molecule has 1 aromatic rings. The molecule has 1 saturated carbocycles. The standard InChI is InChI=1S/C18H20O7S/c1-17-8-6-14-13-4-3-12(24-26(21,22)23)10-11(13)2-5-15(14)18(17,25-20)9-7-16(17)19/h3-4,10,20H,2,5-9H2,1H3,(H,21,22,23)/t17-,18?/m1/s1. The predicted molar refractivity (Wildman–Crippen MR) is 91.9 cm³/mol. The van der Waals surface area contributed by atoms with Gasteiger partial charge in [-0.1, -0.05) is 6.07 Å². The van der Waals surface area contributed by atoms with E-state index in [2.05, 4.69) is 4.18 Å². The van der Waals surface area contributed by atoms with Gasteiger partial charge in [-0.15, -0.1) is 0 Å².